The number of hydrogen-bond donors (Lipinski definition) is 2. The van der Waals surface area contributed by atoms with E-state index in [-0.39, 0.29) is 5.91 Å². The molecule has 0 unspecified atom stereocenters. The lowest BCUT2D eigenvalue weighted by atomic mass is 10.1. The summed E-state index contributed by atoms with van der Waals surface area (Å²) in [4.78, 5) is 22.6. The van der Waals surface area contributed by atoms with E-state index in [9.17, 15) is 4.79 Å². The van der Waals surface area contributed by atoms with E-state index in [1.54, 1.807) is 0 Å². The molecular weight excluding hydrogens is 410 g/mol. The number of hydrogen-bond acceptors (Lipinski definition) is 4. The van der Waals surface area contributed by atoms with E-state index >= 15 is 0 Å². The number of para-hydroxylation sites is 2. The van der Waals surface area contributed by atoms with Gasteiger partial charge in [-0.25, -0.2) is 9.97 Å². The number of benzene rings is 1. The van der Waals surface area contributed by atoms with Gasteiger partial charge in [0.05, 0.1) is 11.0 Å². The molecule has 0 radical (unpaired) electrons. The lowest BCUT2D eigenvalue weighted by Crippen LogP contribution is -2.25. The number of amides is 1. The Bertz CT molecular complexity index is 1030. The molecule has 0 bridgehead atoms. The normalized spacial score (nSPS) is 11.5. The summed E-state index contributed by atoms with van der Waals surface area (Å²) in [7, 11) is 0. The first-order chi connectivity index (χ1) is 16.2. The van der Waals surface area contributed by atoms with E-state index in [0.29, 0.717) is 29.1 Å². The average molecular weight is 452 g/mol. The lowest BCUT2D eigenvalue weighted by molar-refractivity contribution is 0.0955. The number of carbonyl (C=O) groups excluding carboxylic acids is 1. The Hall–Kier alpha value is -2.63. The van der Waals surface area contributed by atoms with Crippen molar-refractivity contribution >= 4 is 33.9 Å². The molecule has 3 N–H and O–H groups in total. The molecule has 2 heterocycles. The molecule has 0 aliphatic rings. The molecule has 0 aliphatic carbocycles. The van der Waals surface area contributed by atoms with E-state index in [1.165, 1.54) is 51.4 Å². The van der Waals surface area contributed by atoms with Crippen LogP contribution in [-0.2, 0) is 6.54 Å². The highest BCUT2D eigenvalue weighted by Gasteiger charge is 2.23. The zero-order valence-corrected chi connectivity index (χ0v) is 20.5. The zero-order chi connectivity index (χ0) is 23.5. The highest BCUT2D eigenvalue weighted by Crippen LogP contribution is 2.28. The zero-order valence-electron chi connectivity index (χ0n) is 20.5. The number of rotatable bonds is 15. The minimum atomic E-state index is -0.155. The standard InChI is InChI=1S/C27H41N5O/c1-3-5-7-8-9-10-11-12-13-16-20-32-25(28)23(27(33)29-19-6-4-2)24-26(32)31-22-18-15-14-17-21(22)30-24/h14-15,17-18H,3-13,16,19-20,28H2,1-2H3,(H,29,33). The Labute approximate surface area is 198 Å². The summed E-state index contributed by atoms with van der Waals surface area (Å²) >= 11 is 0. The smallest absolute Gasteiger partial charge is 0.257 e. The maximum Gasteiger partial charge on any atom is 0.257 e. The van der Waals surface area contributed by atoms with Crippen LogP contribution in [0.4, 0.5) is 5.82 Å². The van der Waals surface area contributed by atoms with Gasteiger partial charge in [-0.2, -0.15) is 0 Å². The van der Waals surface area contributed by atoms with Crippen LogP contribution in [0.1, 0.15) is 101 Å². The molecule has 6 heteroatoms. The molecule has 33 heavy (non-hydrogen) atoms. The number of nitrogens with one attached hydrogen (secondary N) is 1. The molecular formula is C27H41N5O. The molecule has 3 rings (SSSR count). The molecule has 0 saturated carbocycles. The van der Waals surface area contributed by atoms with Crippen LogP contribution in [0, 0.1) is 0 Å². The third kappa shape index (κ3) is 6.68. The van der Waals surface area contributed by atoms with Crippen molar-refractivity contribution in [1.82, 2.24) is 19.9 Å². The van der Waals surface area contributed by atoms with Crippen molar-refractivity contribution in [3.63, 3.8) is 0 Å². The second kappa shape index (κ2) is 13.2. The predicted octanol–water partition coefficient (Wildman–Crippen LogP) is 6.62. The van der Waals surface area contributed by atoms with Gasteiger partial charge >= 0.3 is 0 Å². The van der Waals surface area contributed by atoms with Crippen LogP contribution in [0.5, 0.6) is 0 Å². The summed E-state index contributed by atoms with van der Waals surface area (Å²) in [5, 5.41) is 3.00. The predicted molar refractivity (Wildman–Crippen MR) is 139 cm³/mol. The number of anilines is 1. The van der Waals surface area contributed by atoms with E-state index in [4.69, 9.17) is 15.7 Å². The monoisotopic (exact) mass is 451 g/mol. The van der Waals surface area contributed by atoms with Gasteiger partial charge in [0.25, 0.3) is 5.91 Å². The number of unbranched alkanes of at least 4 members (excludes halogenated alkanes) is 10. The molecule has 0 saturated heterocycles. The van der Waals surface area contributed by atoms with E-state index in [0.717, 1.165) is 43.3 Å². The summed E-state index contributed by atoms with van der Waals surface area (Å²) in [6.45, 7) is 5.77. The molecule has 0 atom stereocenters. The number of nitrogen functional groups attached to an aromatic ring is 1. The van der Waals surface area contributed by atoms with E-state index < -0.39 is 0 Å². The van der Waals surface area contributed by atoms with Gasteiger partial charge in [-0.15, -0.1) is 0 Å². The molecule has 0 aliphatic heterocycles. The summed E-state index contributed by atoms with van der Waals surface area (Å²) in [5.41, 5.74) is 9.91. The third-order valence-corrected chi connectivity index (χ3v) is 6.37. The second-order valence-electron chi connectivity index (χ2n) is 9.09. The Morgan fingerprint density at radius 3 is 2.06 bits per heavy atom. The first-order valence-corrected chi connectivity index (χ1v) is 13.0. The summed E-state index contributed by atoms with van der Waals surface area (Å²) in [5.74, 6) is 0.322. The Kier molecular flexibility index (Phi) is 9.98. The molecule has 6 nitrogen and oxygen atoms in total. The van der Waals surface area contributed by atoms with Crippen LogP contribution in [-0.4, -0.2) is 27.0 Å². The van der Waals surface area contributed by atoms with Gasteiger partial charge in [0.2, 0.25) is 0 Å². The maximum atomic E-state index is 13.0. The highest BCUT2D eigenvalue weighted by atomic mass is 16.1. The van der Waals surface area contributed by atoms with Crippen LogP contribution >= 0.6 is 0 Å². The summed E-state index contributed by atoms with van der Waals surface area (Å²) < 4.78 is 1.99. The van der Waals surface area contributed by atoms with Gasteiger partial charge in [0.1, 0.15) is 16.9 Å². The van der Waals surface area contributed by atoms with Crippen molar-refractivity contribution in [2.45, 2.75) is 97.4 Å². The van der Waals surface area contributed by atoms with Crippen molar-refractivity contribution in [3.05, 3.63) is 29.8 Å². The SMILES string of the molecule is CCCCCCCCCCCCn1c(N)c(C(=O)NCCCC)c2nc3ccccc3nc21. The van der Waals surface area contributed by atoms with Crippen molar-refractivity contribution in [1.29, 1.82) is 0 Å². The first-order valence-electron chi connectivity index (χ1n) is 13.0. The number of aryl methyl sites for hydroxylation is 1. The van der Waals surface area contributed by atoms with Gasteiger partial charge in [-0.3, -0.25) is 4.79 Å². The molecule has 2 aromatic heterocycles. The summed E-state index contributed by atoms with van der Waals surface area (Å²) in [6.07, 6.45) is 14.8. The van der Waals surface area contributed by atoms with Crippen molar-refractivity contribution in [2.24, 2.45) is 0 Å². The first kappa shape index (κ1) is 25.0. The van der Waals surface area contributed by atoms with Crippen molar-refractivity contribution < 1.29 is 4.79 Å². The highest BCUT2D eigenvalue weighted by molar-refractivity contribution is 6.10. The van der Waals surface area contributed by atoms with Crippen molar-refractivity contribution in [3.8, 4) is 0 Å². The minimum Gasteiger partial charge on any atom is -0.384 e. The van der Waals surface area contributed by atoms with Gasteiger partial charge < -0.3 is 15.6 Å². The lowest BCUT2D eigenvalue weighted by Gasteiger charge is -2.08. The van der Waals surface area contributed by atoms with Gasteiger partial charge in [0.15, 0.2) is 5.65 Å². The number of nitrogens with two attached hydrogens (primary N) is 1. The molecule has 0 fully saturated rings. The van der Waals surface area contributed by atoms with Gasteiger partial charge in [-0.1, -0.05) is 90.2 Å². The Balaban J connectivity index is 1.68. The topological polar surface area (TPSA) is 85.8 Å². The van der Waals surface area contributed by atoms with Crippen LogP contribution < -0.4 is 11.1 Å². The Morgan fingerprint density at radius 1 is 0.848 bits per heavy atom. The fourth-order valence-corrected chi connectivity index (χ4v) is 4.39. The quantitative estimate of drug-likeness (QED) is 0.254. The number of nitrogens with zero attached hydrogens (tertiary/aromatic N) is 3. The number of aromatic nitrogens is 3. The largest absolute Gasteiger partial charge is 0.384 e. The van der Waals surface area contributed by atoms with Crippen LogP contribution in [0.3, 0.4) is 0 Å². The number of fused-ring (bicyclic) bond motifs is 2. The number of carbonyl (C=O) groups is 1. The minimum absolute atomic E-state index is 0.155. The third-order valence-electron chi connectivity index (χ3n) is 6.37. The molecule has 3 aromatic rings. The molecule has 0 spiro atoms. The maximum absolute atomic E-state index is 13.0. The van der Waals surface area contributed by atoms with Crippen molar-refractivity contribution in [2.75, 3.05) is 12.3 Å². The fraction of sp³-hybridized carbons (Fsp3) is 0.593. The Morgan fingerprint density at radius 2 is 1.42 bits per heavy atom. The second-order valence-corrected chi connectivity index (χ2v) is 9.09. The molecule has 180 valence electrons. The van der Waals surface area contributed by atoms with Gasteiger partial charge in [0, 0.05) is 13.1 Å². The average Bonchev–Trinajstić information content (AvgIpc) is 3.09. The van der Waals surface area contributed by atoms with Crippen LogP contribution in [0.25, 0.3) is 22.2 Å². The molecule has 1 aromatic carbocycles. The molecule has 1 amide bonds. The summed E-state index contributed by atoms with van der Waals surface area (Å²) in [6, 6.07) is 7.78. The van der Waals surface area contributed by atoms with E-state index in [1.807, 2.05) is 28.8 Å². The van der Waals surface area contributed by atoms with Crippen LogP contribution in [0.2, 0.25) is 0 Å². The van der Waals surface area contributed by atoms with E-state index in [2.05, 4.69) is 19.2 Å². The fourth-order valence-electron chi connectivity index (χ4n) is 4.39. The van der Waals surface area contributed by atoms with Gasteiger partial charge in [-0.05, 0) is 25.0 Å². The van der Waals surface area contributed by atoms with Crippen LogP contribution in [0.15, 0.2) is 24.3 Å².